The van der Waals surface area contributed by atoms with E-state index in [2.05, 4.69) is 5.32 Å². The van der Waals surface area contributed by atoms with Crippen LogP contribution in [0, 0.1) is 0 Å². The standard InChI is InChI=1S/C32H32N2O5S/c1-4-37-32(36)23(3)17-22(2)18-26-21-40-31(33-26)28(34-30(35)29-11-8-16-38-29)19-24-12-14-27(15-13-24)39-20-25-9-6-5-7-10-25/h5-18,21,28H,4,19-20H2,1-3H3,(H,34,35)/t28-/m0/s1. The zero-order valence-corrected chi connectivity index (χ0v) is 23.6. The lowest BCUT2D eigenvalue weighted by Crippen LogP contribution is -2.29. The molecule has 2 aromatic heterocycles. The maximum Gasteiger partial charge on any atom is 0.333 e. The summed E-state index contributed by atoms with van der Waals surface area (Å²) in [5.41, 5.74) is 4.25. The highest BCUT2D eigenvalue weighted by atomic mass is 32.1. The number of ether oxygens (including phenoxy) is 2. The van der Waals surface area contributed by atoms with E-state index in [9.17, 15) is 9.59 Å². The highest BCUT2D eigenvalue weighted by Gasteiger charge is 2.21. The van der Waals surface area contributed by atoms with Gasteiger partial charge in [0.25, 0.3) is 5.91 Å². The van der Waals surface area contributed by atoms with E-state index in [0.717, 1.165) is 33.2 Å². The van der Waals surface area contributed by atoms with Crippen molar-refractivity contribution in [2.24, 2.45) is 0 Å². The van der Waals surface area contributed by atoms with Crippen LogP contribution in [0.5, 0.6) is 5.75 Å². The molecule has 0 unspecified atom stereocenters. The molecular weight excluding hydrogens is 524 g/mol. The van der Waals surface area contributed by atoms with Crippen LogP contribution in [0.15, 0.2) is 100 Å². The number of nitrogens with one attached hydrogen (secondary N) is 1. The highest BCUT2D eigenvalue weighted by molar-refractivity contribution is 7.09. The van der Waals surface area contributed by atoms with Gasteiger partial charge in [0, 0.05) is 11.0 Å². The lowest BCUT2D eigenvalue weighted by molar-refractivity contribution is -0.138. The fourth-order valence-electron chi connectivity index (χ4n) is 3.98. The molecule has 1 amide bonds. The fourth-order valence-corrected chi connectivity index (χ4v) is 4.81. The van der Waals surface area contributed by atoms with E-state index in [4.69, 9.17) is 18.9 Å². The molecule has 4 rings (SSSR count). The van der Waals surface area contributed by atoms with Gasteiger partial charge in [0.1, 0.15) is 17.4 Å². The number of amides is 1. The van der Waals surface area contributed by atoms with Crippen molar-refractivity contribution in [2.45, 2.75) is 39.8 Å². The number of thiazole rings is 1. The predicted molar refractivity (Wildman–Crippen MR) is 156 cm³/mol. The van der Waals surface area contributed by atoms with Crippen LogP contribution in [-0.4, -0.2) is 23.5 Å². The second-order valence-electron chi connectivity index (χ2n) is 9.17. The van der Waals surface area contributed by atoms with Gasteiger partial charge in [-0.1, -0.05) is 42.5 Å². The second kappa shape index (κ2) is 14.1. The average molecular weight is 557 g/mol. The molecule has 0 fully saturated rings. The Morgan fingerprint density at radius 1 is 1.02 bits per heavy atom. The maximum atomic E-state index is 12.9. The Morgan fingerprint density at radius 2 is 1.80 bits per heavy atom. The Morgan fingerprint density at radius 3 is 2.50 bits per heavy atom. The van der Waals surface area contributed by atoms with Crippen LogP contribution < -0.4 is 10.1 Å². The first-order valence-corrected chi connectivity index (χ1v) is 13.9. The summed E-state index contributed by atoms with van der Waals surface area (Å²) in [6, 6.07) is 20.8. The van der Waals surface area contributed by atoms with Crippen molar-refractivity contribution in [1.82, 2.24) is 10.3 Å². The molecule has 0 saturated heterocycles. The van der Waals surface area contributed by atoms with E-state index in [1.807, 2.05) is 73.0 Å². The van der Waals surface area contributed by atoms with Gasteiger partial charge >= 0.3 is 5.97 Å². The van der Waals surface area contributed by atoms with Gasteiger partial charge in [-0.2, -0.15) is 0 Å². The number of aromatic nitrogens is 1. The molecule has 1 N–H and O–H groups in total. The van der Waals surface area contributed by atoms with Crippen LogP contribution in [0.2, 0.25) is 0 Å². The SMILES string of the molecule is CCOC(=O)C(C)=CC(C)=Cc1csc([C@H](Cc2ccc(OCc3ccccc3)cc2)NC(=O)c2ccco2)n1. The molecule has 4 aromatic rings. The van der Waals surface area contributed by atoms with E-state index >= 15 is 0 Å². The molecule has 8 heteroatoms. The van der Waals surface area contributed by atoms with Gasteiger partial charge in [0.15, 0.2) is 5.76 Å². The molecule has 0 aliphatic heterocycles. The van der Waals surface area contributed by atoms with E-state index in [0.29, 0.717) is 25.2 Å². The molecule has 1 atom stereocenters. The van der Waals surface area contributed by atoms with E-state index in [1.54, 1.807) is 32.1 Å². The first kappa shape index (κ1) is 28.6. The van der Waals surface area contributed by atoms with Crippen molar-refractivity contribution in [3.63, 3.8) is 0 Å². The molecule has 0 aliphatic carbocycles. The molecule has 0 bridgehead atoms. The number of rotatable bonds is 12. The molecule has 0 aliphatic rings. The smallest absolute Gasteiger partial charge is 0.333 e. The third-order valence-electron chi connectivity index (χ3n) is 5.92. The summed E-state index contributed by atoms with van der Waals surface area (Å²) in [4.78, 5) is 29.6. The quantitative estimate of drug-likeness (QED) is 0.115. The summed E-state index contributed by atoms with van der Waals surface area (Å²) in [5.74, 6) is 0.356. The lowest BCUT2D eigenvalue weighted by Gasteiger charge is -2.16. The van der Waals surface area contributed by atoms with Crippen LogP contribution in [-0.2, 0) is 22.6 Å². The van der Waals surface area contributed by atoms with Crippen LogP contribution in [0.3, 0.4) is 0 Å². The summed E-state index contributed by atoms with van der Waals surface area (Å²) in [6.45, 7) is 6.22. The average Bonchev–Trinajstić information content (AvgIpc) is 3.66. The summed E-state index contributed by atoms with van der Waals surface area (Å²) in [7, 11) is 0. The van der Waals surface area contributed by atoms with Gasteiger partial charge in [0.2, 0.25) is 0 Å². The molecule has 0 radical (unpaired) electrons. The van der Waals surface area contributed by atoms with Gasteiger partial charge in [0.05, 0.1) is 24.6 Å². The van der Waals surface area contributed by atoms with Crippen LogP contribution >= 0.6 is 11.3 Å². The first-order valence-electron chi connectivity index (χ1n) is 13.0. The lowest BCUT2D eigenvalue weighted by atomic mass is 10.1. The summed E-state index contributed by atoms with van der Waals surface area (Å²) >= 11 is 1.46. The number of nitrogens with zero attached hydrogens (tertiary/aromatic N) is 1. The van der Waals surface area contributed by atoms with Gasteiger partial charge in [-0.15, -0.1) is 11.3 Å². The Labute approximate surface area is 238 Å². The van der Waals surface area contributed by atoms with Gasteiger partial charge in [-0.05, 0) is 80.3 Å². The van der Waals surface area contributed by atoms with E-state index < -0.39 is 0 Å². The van der Waals surface area contributed by atoms with Crippen molar-refractivity contribution in [3.05, 3.63) is 123 Å². The molecule has 0 spiro atoms. The number of benzene rings is 2. The van der Waals surface area contributed by atoms with Crippen molar-refractivity contribution >= 4 is 29.3 Å². The Kier molecular flexibility index (Phi) is 10.1. The molecule has 2 aromatic carbocycles. The monoisotopic (exact) mass is 556 g/mol. The number of carbonyl (C=O) groups excluding carboxylic acids is 2. The summed E-state index contributed by atoms with van der Waals surface area (Å²) in [6.07, 6.45) is 5.67. The third kappa shape index (κ3) is 8.28. The van der Waals surface area contributed by atoms with E-state index in [1.165, 1.54) is 17.6 Å². The van der Waals surface area contributed by atoms with Gasteiger partial charge in [-0.3, -0.25) is 4.79 Å². The first-order chi connectivity index (χ1) is 19.4. The predicted octanol–water partition coefficient (Wildman–Crippen LogP) is 6.94. The summed E-state index contributed by atoms with van der Waals surface area (Å²) < 4.78 is 16.3. The summed E-state index contributed by atoms with van der Waals surface area (Å²) in [5, 5.41) is 5.75. The maximum absolute atomic E-state index is 12.9. The van der Waals surface area contributed by atoms with E-state index in [-0.39, 0.29) is 23.7 Å². The minimum atomic E-state index is -0.377. The van der Waals surface area contributed by atoms with Crippen LogP contribution in [0.1, 0.15) is 59.2 Å². The zero-order chi connectivity index (χ0) is 28.3. The van der Waals surface area contributed by atoms with Crippen molar-refractivity contribution in [1.29, 1.82) is 0 Å². The Hall–Kier alpha value is -4.43. The number of hydrogen-bond donors (Lipinski definition) is 1. The number of hydrogen-bond acceptors (Lipinski definition) is 7. The number of esters is 1. The molecule has 2 heterocycles. The van der Waals surface area contributed by atoms with Gasteiger partial charge < -0.3 is 19.2 Å². The van der Waals surface area contributed by atoms with Crippen LogP contribution in [0.4, 0.5) is 0 Å². The largest absolute Gasteiger partial charge is 0.489 e. The Bertz CT molecular complexity index is 1450. The molecule has 40 heavy (non-hydrogen) atoms. The van der Waals surface area contributed by atoms with Crippen molar-refractivity contribution in [2.75, 3.05) is 6.61 Å². The van der Waals surface area contributed by atoms with Crippen LogP contribution in [0.25, 0.3) is 6.08 Å². The molecule has 206 valence electrons. The number of allylic oxidation sites excluding steroid dienone is 2. The number of furan rings is 1. The zero-order valence-electron chi connectivity index (χ0n) is 22.8. The topological polar surface area (TPSA) is 90.7 Å². The number of carbonyl (C=O) groups is 2. The van der Waals surface area contributed by atoms with Crippen molar-refractivity contribution < 1.29 is 23.5 Å². The third-order valence-corrected chi connectivity index (χ3v) is 6.89. The highest BCUT2D eigenvalue weighted by Crippen LogP contribution is 2.25. The van der Waals surface area contributed by atoms with Gasteiger partial charge in [-0.25, -0.2) is 9.78 Å². The molecule has 0 saturated carbocycles. The minimum absolute atomic E-state index is 0.238. The molecular formula is C32H32N2O5S. The Balaban J connectivity index is 1.49. The molecule has 7 nitrogen and oxygen atoms in total. The normalized spacial score (nSPS) is 12.6. The second-order valence-corrected chi connectivity index (χ2v) is 10.1. The van der Waals surface area contributed by atoms with Crippen molar-refractivity contribution in [3.8, 4) is 5.75 Å². The minimum Gasteiger partial charge on any atom is -0.489 e. The fraction of sp³-hybridized carbons (Fsp3) is 0.219.